The third kappa shape index (κ3) is 3.65. The summed E-state index contributed by atoms with van der Waals surface area (Å²) < 4.78 is 0. The molecule has 7 nitrogen and oxygen atoms in total. The van der Waals surface area contributed by atoms with E-state index in [1.165, 1.54) is 0 Å². The van der Waals surface area contributed by atoms with Gasteiger partial charge in [-0.15, -0.1) is 0 Å². The summed E-state index contributed by atoms with van der Waals surface area (Å²) in [5, 5.41) is 0.946. The molecule has 0 aliphatic heterocycles. The summed E-state index contributed by atoms with van der Waals surface area (Å²) in [5.41, 5.74) is 6.56. The number of nitrogens with one attached hydrogen (secondary N) is 2. The van der Waals surface area contributed by atoms with Crippen molar-refractivity contribution in [1.82, 2.24) is 20.4 Å². The minimum absolute atomic E-state index is 0.0930. The Hall–Kier alpha value is -4.00. The highest BCUT2D eigenvalue weighted by Crippen LogP contribution is 2.30. The monoisotopic (exact) mass is 398 g/mol. The molecule has 1 aliphatic carbocycles. The van der Waals surface area contributed by atoms with Crippen LogP contribution in [0.1, 0.15) is 23.3 Å². The van der Waals surface area contributed by atoms with Gasteiger partial charge in [0.1, 0.15) is 11.3 Å². The van der Waals surface area contributed by atoms with E-state index in [1.54, 1.807) is 24.4 Å². The predicted octanol–water partition coefficient (Wildman–Crippen LogP) is 3.89. The molecule has 1 fully saturated rings. The molecule has 148 valence electrons. The van der Waals surface area contributed by atoms with Gasteiger partial charge in [0, 0.05) is 22.8 Å². The Morgan fingerprint density at radius 3 is 2.63 bits per heavy atom. The van der Waals surface area contributed by atoms with Crippen molar-refractivity contribution in [2.75, 3.05) is 0 Å². The zero-order chi connectivity index (χ0) is 20.5. The van der Waals surface area contributed by atoms with Crippen LogP contribution in [0.25, 0.3) is 33.5 Å². The summed E-state index contributed by atoms with van der Waals surface area (Å²) in [7, 11) is 0. The number of hydrogen-bond donors (Lipinski definition) is 2. The SMILES string of the molecule is O=C(NOC(=O)C1CC1)c1cccc(-c2cnc3[nH]c(-c4ccccc4)cc3c2)n1. The largest absolute Gasteiger partial charge is 0.340 e. The minimum atomic E-state index is -0.562. The van der Waals surface area contributed by atoms with Crippen LogP contribution < -0.4 is 5.48 Å². The van der Waals surface area contributed by atoms with Gasteiger partial charge in [0.2, 0.25) is 0 Å². The lowest BCUT2D eigenvalue weighted by atomic mass is 10.1. The zero-order valence-corrected chi connectivity index (χ0v) is 16.0. The van der Waals surface area contributed by atoms with Crippen LogP contribution in [0, 0.1) is 5.92 Å². The molecule has 0 spiro atoms. The average Bonchev–Trinajstić information content (AvgIpc) is 3.56. The first kappa shape index (κ1) is 18.1. The molecule has 1 aromatic carbocycles. The fourth-order valence-electron chi connectivity index (χ4n) is 3.20. The number of carbonyl (C=O) groups excluding carboxylic acids is 2. The Morgan fingerprint density at radius 2 is 1.83 bits per heavy atom. The molecule has 3 heterocycles. The molecule has 1 aliphatic rings. The third-order valence-corrected chi connectivity index (χ3v) is 4.99. The van der Waals surface area contributed by atoms with E-state index in [4.69, 9.17) is 4.84 Å². The van der Waals surface area contributed by atoms with Gasteiger partial charge in [-0.05, 0) is 42.7 Å². The topological polar surface area (TPSA) is 97.0 Å². The molecule has 7 heteroatoms. The first-order valence-electron chi connectivity index (χ1n) is 9.70. The number of hydrogen-bond acceptors (Lipinski definition) is 5. The number of carbonyl (C=O) groups is 2. The van der Waals surface area contributed by atoms with Gasteiger partial charge in [-0.3, -0.25) is 4.79 Å². The van der Waals surface area contributed by atoms with E-state index in [2.05, 4.69) is 20.4 Å². The maximum Gasteiger partial charge on any atom is 0.335 e. The molecular formula is C23H18N4O3. The van der Waals surface area contributed by atoms with Gasteiger partial charge in [-0.1, -0.05) is 36.4 Å². The van der Waals surface area contributed by atoms with Gasteiger partial charge in [0.25, 0.3) is 0 Å². The molecule has 0 unspecified atom stereocenters. The molecule has 4 aromatic rings. The first-order valence-corrected chi connectivity index (χ1v) is 9.70. The van der Waals surface area contributed by atoms with Crippen molar-refractivity contribution in [1.29, 1.82) is 0 Å². The summed E-state index contributed by atoms with van der Waals surface area (Å²) >= 11 is 0. The van der Waals surface area contributed by atoms with Crippen molar-refractivity contribution in [3.63, 3.8) is 0 Å². The van der Waals surface area contributed by atoms with E-state index in [-0.39, 0.29) is 11.6 Å². The first-order chi connectivity index (χ1) is 14.7. The number of fused-ring (bicyclic) bond motifs is 1. The van der Waals surface area contributed by atoms with Crippen molar-refractivity contribution in [3.8, 4) is 22.5 Å². The molecule has 1 saturated carbocycles. The lowest BCUT2D eigenvalue weighted by molar-refractivity contribution is -0.150. The van der Waals surface area contributed by atoms with E-state index in [1.807, 2.05) is 42.5 Å². The van der Waals surface area contributed by atoms with Crippen LogP contribution in [-0.2, 0) is 9.63 Å². The van der Waals surface area contributed by atoms with Crippen LogP contribution in [0.3, 0.4) is 0 Å². The number of amides is 1. The van der Waals surface area contributed by atoms with E-state index in [0.29, 0.717) is 5.69 Å². The Labute approximate surface area is 172 Å². The average molecular weight is 398 g/mol. The molecule has 0 atom stereocenters. The smallest absolute Gasteiger partial charge is 0.335 e. The Kier molecular flexibility index (Phi) is 4.48. The number of benzene rings is 1. The van der Waals surface area contributed by atoms with Gasteiger partial charge in [-0.2, -0.15) is 5.48 Å². The minimum Gasteiger partial charge on any atom is -0.340 e. The van der Waals surface area contributed by atoms with Crippen molar-refractivity contribution in [3.05, 3.63) is 72.6 Å². The second-order valence-corrected chi connectivity index (χ2v) is 7.25. The molecule has 1 amide bonds. The molecule has 0 radical (unpaired) electrons. The van der Waals surface area contributed by atoms with Gasteiger partial charge in [-0.25, -0.2) is 14.8 Å². The number of H-pyrrole nitrogens is 1. The predicted molar refractivity (Wildman–Crippen MR) is 111 cm³/mol. The fourth-order valence-corrected chi connectivity index (χ4v) is 3.20. The molecule has 3 aromatic heterocycles. The molecule has 0 bridgehead atoms. The quantitative estimate of drug-likeness (QED) is 0.508. The maximum absolute atomic E-state index is 12.3. The van der Waals surface area contributed by atoms with E-state index < -0.39 is 11.9 Å². The van der Waals surface area contributed by atoms with Crippen molar-refractivity contribution in [2.45, 2.75) is 12.8 Å². The number of nitrogens with zero attached hydrogens (tertiary/aromatic N) is 2. The summed E-state index contributed by atoms with van der Waals surface area (Å²) in [4.78, 5) is 40.9. The molecule has 0 saturated heterocycles. The molecule has 30 heavy (non-hydrogen) atoms. The van der Waals surface area contributed by atoms with Crippen LogP contribution >= 0.6 is 0 Å². The van der Waals surface area contributed by atoms with Crippen LogP contribution in [0.5, 0.6) is 0 Å². The lowest BCUT2D eigenvalue weighted by Crippen LogP contribution is -2.28. The maximum atomic E-state index is 12.3. The van der Waals surface area contributed by atoms with Crippen molar-refractivity contribution < 1.29 is 14.4 Å². The Bertz CT molecular complexity index is 1250. The van der Waals surface area contributed by atoms with Crippen molar-refractivity contribution >= 4 is 22.9 Å². The molecule has 2 N–H and O–H groups in total. The highest BCUT2D eigenvalue weighted by molar-refractivity contribution is 5.93. The molecule has 5 rings (SSSR count). The fraction of sp³-hybridized carbons (Fsp3) is 0.130. The Morgan fingerprint density at radius 1 is 1.00 bits per heavy atom. The summed E-state index contributed by atoms with van der Waals surface area (Å²) in [6.45, 7) is 0. The highest BCUT2D eigenvalue weighted by atomic mass is 16.7. The van der Waals surface area contributed by atoms with Crippen LogP contribution in [0.15, 0.2) is 66.9 Å². The summed E-state index contributed by atoms with van der Waals surface area (Å²) in [5.74, 6) is -1.06. The van der Waals surface area contributed by atoms with E-state index in [0.717, 1.165) is 40.7 Å². The third-order valence-electron chi connectivity index (χ3n) is 4.99. The van der Waals surface area contributed by atoms with Crippen molar-refractivity contribution in [2.24, 2.45) is 5.92 Å². The van der Waals surface area contributed by atoms with Gasteiger partial charge >= 0.3 is 11.9 Å². The van der Waals surface area contributed by atoms with Gasteiger partial charge in [0.15, 0.2) is 0 Å². The number of aromatic amines is 1. The number of rotatable bonds is 4. The summed E-state index contributed by atoms with van der Waals surface area (Å²) in [6.07, 6.45) is 3.33. The van der Waals surface area contributed by atoms with E-state index >= 15 is 0 Å². The normalized spacial score (nSPS) is 13.2. The highest BCUT2D eigenvalue weighted by Gasteiger charge is 2.32. The standard InChI is InChI=1S/C23H18N4O3/c28-22(27-30-23(29)15-9-10-15)19-8-4-7-18(25-19)17-11-16-12-20(26-21(16)24-13-17)14-5-2-1-3-6-14/h1-8,11-13,15H,9-10H2,(H,24,26)(H,27,28). The number of pyridine rings is 2. The van der Waals surface area contributed by atoms with Crippen LogP contribution in [0.4, 0.5) is 0 Å². The van der Waals surface area contributed by atoms with Crippen LogP contribution in [-0.4, -0.2) is 26.8 Å². The van der Waals surface area contributed by atoms with E-state index in [9.17, 15) is 9.59 Å². The second kappa shape index (κ2) is 7.44. The van der Waals surface area contributed by atoms with Gasteiger partial charge in [0.05, 0.1) is 11.6 Å². The second-order valence-electron chi connectivity index (χ2n) is 7.25. The van der Waals surface area contributed by atoms with Crippen LogP contribution in [0.2, 0.25) is 0 Å². The number of aromatic nitrogens is 3. The van der Waals surface area contributed by atoms with Gasteiger partial charge < -0.3 is 9.82 Å². The Balaban J connectivity index is 1.39. The number of hydroxylamine groups is 1. The summed E-state index contributed by atoms with van der Waals surface area (Å²) in [6, 6.07) is 19.1. The molecular weight excluding hydrogens is 380 g/mol. The zero-order valence-electron chi connectivity index (χ0n) is 16.0. The lowest BCUT2D eigenvalue weighted by Gasteiger charge is -2.06.